The van der Waals surface area contributed by atoms with E-state index in [9.17, 15) is 4.79 Å². The summed E-state index contributed by atoms with van der Waals surface area (Å²) in [6.45, 7) is 5.60. The minimum absolute atomic E-state index is 0.0349. The molecule has 23 heavy (non-hydrogen) atoms. The van der Waals surface area contributed by atoms with Gasteiger partial charge in [-0.3, -0.25) is 9.48 Å². The fraction of sp³-hybridized carbons (Fsp3) is 0.600. The van der Waals surface area contributed by atoms with E-state index in [4.69, 9.17) is 0 Å². The summed E-state index contributed by atoms with van der Waals surface area (Å²) >= 11 is 0. The first kappa shape index (κ1) is 15.7. The molecule has 0 saturated carbocycles. The van der Waals surface area contributed by atoms with E-state index >= 15 is 0 Å². The van der Waals surface area contributed by atoms with Crippen LogP contribution in [0.1, 0.15) is 29.0 Å². The monoisotopic (exact) mass is 317 g/mol. The van der Waals surface area contributed by atoms with Crippen LogP contribution in [0.4, 0.5) is 0 Å². The molecule has 0 radical (unpaired) electrons. The Morgan fingerprint density at radius 1 is 1.26 bits per heavy atom. The highest BCUT2D eigenvalue weighted by molar-refractivity contribution is 5.92. The summed E-state index contributed by atoms with van der Waals surface area (Å²) < 4.78 is 1.64. The number of aryl methyl sites for hydroxylation is 2. The molecule has 0 spiro atoms. The maximum Gasteiger partial charge on any atom is 0.269 e. The molecule has 0 bridgehead atoms. The predicted molar refractivity (Wildman–Crippen MR) is 84.9 cm³/mol. The zero-order valence-electron chi connectivity index (χ0n) is 13.6. The number of amides is 1. The average Bonchev–Trinajstić information content (AvgIpc) is 3.16. The number of nitrogens with zero attached hydrogens (tertiary/aromatic N) is 6. The molecule has 1 amide bonds. The van der Waals surface area contributed by atoms with Crippen LogP contribution in [0.15, 0.2) is 18.5 Å². The lowest BCUT2D eigenvalue weighted by Gasteiger charge is -2.32. The second-order valence-electron chi connectivity index (χ2n) is 6.01. The molecule has 0 unspecified atom stereocenters. The van der Waals surface area contributed by atoms with Crippen LogP contribution in [-0.4, -0.2) is 61.3 Å². The van der Waals surface area contributed by atoms with Crippen molar-refractivity contribution in [3.05, 3.63) is 29.8 Å². The van der Waals surface area contributed by atoms with Gasteiger partial charge < -0.3 is 10.2 Å². The average molecular weight is 317 g/mol. The van der Waals surface area contributed by atoms with Crippen molar-refractivity contribution < 1.29 is 4.79 Å². The largest absolute Gasteiger partial charge is 0.348 e. The van der Waals surface area contributed by atoms with E-state index in [0.717, 1.165) is 44.7 Å². The zero-order chi connectivity index (χ0) is 16.2. The van der Waals surface area contributed by atoms with Crippen LogP contribution in [-0.2, 0) is 13.6 Å². The predicted octanol–water partition coefficient (Wildman–Crippen LogP) is 0.214. The third kappa shape index (κ3) is 3.95. The maximum absolute atomic E-state index is 12.3. The molecular weight excluding hydrogens is 294 g/mol. The molecule has 124 valence electrons. The Kier molecular flexibility index (Phi) is 4.71. The number of rotatable bonds is 5. The summed E-state index contributed by atoms with van der Waals surface area (Å²) in [7, 11) is 1.80. The smallest absolute Gasteiger partial charge is 0.269 e. The summed E-state index contributed by atoms with van der Waals surface area (Å²) in [6, 6.07) is 2.05. The van der Waals surface area contributed by atoms with Gasteiger partial charge in [-0.2, -0.15) is 20.1 Å². The molecule has 8 heteroatoms. The minimum atomic E-state index is -0.0349. The highest BCUT2D eigenvalue weighted by atomic mass is 16.2. The van der Waals surface area contributed by atoms with Gasteiger partial charge in [-0.15, -0.1) is 0 Å². The lowest BCUT2D eigenvalue weighted by molar-refractivity contribution is 0.0900. The molecule has 3 rings (SSSR count). The number of hydrogen-bond donors (Lipinski definition) is 1. The van der Waals surface area contributed by atoms with Gasteiger partial charge in [0.15, 0.2) is 0 Å². The normalized spacial score (nSPS) is 16.6. The van der Waals surface area contributed by atoms with Crippen LogP contribution < -0.4 is 5.32 Å². The van der Waals surface area contributed by atoms with E-state index in [-0.39, 0.29) is 11.9 Å². The molecule has 1 aliphatic heterocycles. The summed E-state index contributed by atoms with van der Waals surface area (Å²) in [5.41, 5.74) is 1.48. The molecule has 0 aliphatic carbocycles. The molecule has 1 N–H and O–H groups in total. The lowest BCUT2D eigenvalue weighted by atomic mass is 10.0. The topological polar surface area (TPSA) is 80.9 Å². The van der Waals surface area contributed by atoms with Crippen LogP contribution in [0.5, 0.6) is 0 Å². The molecule has 1 fully saturated rings. The SMILES string of the molecule is Cc1cc(C(=O)NC2CCN(CCn3nccn3)CC2)n(C)n1. The summed E-state index contributed by atoms with van der Waals surface area (Å²) in [5.74, 6) is -0.0349. The second kappa shape index (κ2) is 6.91. The number of aromatic nitrogens is 5. The fourth-order valence-electron chi connectivity index (χ4n) is 2.97. The first-order valence-electron chi connectivity index (χ1n) is 8.00. The number of carbonyl (C=O) groups excluding carboxylic acids is 1. The molecule has 8 nitrogen and oxygen atoms in total. The quantitative estimate of drug-likeness (QED) is 0.853. The first-order chi connectivity index (χ1) is 11.1. The van der Waals surface area contributed by atoms with Gasteiger partial charge in [-0.1, -0.05) is 0 Å². The molecule has 2 aromatic heterocycles. The van der Waals surface area contributed by atoms with Crippen molar-refractivity contribution in [1.82, 2.24) is 35.0 Å². The van der Waals surface area contributed by atoms with Crippen LogP contribution in [0.25, 0.3) is 0 Å². The van der Waals surface area contributed by atoms with Crippen molar-refractivity contribution >= 4 is 5.91 Å². The third-order valence-electron chi connectivity index (χ3n) is 4.24. The third-order valence-corrected chi connectivity index (χ3v) is 4.24. The summed E-state index contributed by atoms with van der Waals surface area (Å²) in [4.78, 5) is 16.4. The second-order valence-corrected chi connectivity index (χ2v) is 6.01. The van der Waals surface area contributed by atoms with Crippen molar-refractivity contribution in [3.63, 3.8) is 0 Å². The van der Waals surface area contributed by atoms with Gasteiger partial charge in [-0.25, -0.2) is 0 Å². The molecule has 1 saturated heterocycles. The van der Waals surface area contributed by atoms with E-state index in [1.807, 2.05) is 13.0 Å². The van der Waals surface area contributed by atoms with Crippen molar-refractivity contribution in [1.29, 1.82) is 0 Å². The molecule has 2 aromatic rings. The van der Waals surface area contributed by atoms with Gasteiger partial charge >= 0.3 is 0 Å². The molecule has 0 aromatic carbocycles. The Morgan fingerprint density at radius 3 is 2.57 bits per heavy atom. The van der Waals surface area contributed by atoms with E-state index in [1.54, 1.807) is 28.9 Å². The molecular formula is C15H23N7O. The Balaban J connectivity index is 1.44. The van der Waals surface area contributed by atoms with E-state index in [2.05, 4.69) is 25.5 Å². The van der Waals surface area contributed by atoms with E-state index in [0.29, 0.717) is 5.69 Å². The first-order valence-corrected chi connectivity index (χ1v) is 8.00. The number of likely N-dealkylation sites (tertiary alicyclic amines) is 1. The Hall–Kier alpha value is -2.22. The van der Waals surface area contributed by atoms with Crippen LogP contribution in [0.3, 0.4) is 0 Å². The Morgan fingerprint density at radius 2 is 1.96 bits per heavy atom. The number of carbonyl (C=O) groups is 1. The highest BCUT2D eigenvalue weighted by Gasteiger charge is 2.22. The Labute approximate surface area is 135 Å². The summed E-state index contributed by atoms with van der Waals surface area (Å²) in [5, 5.41) is 15.6. The van der Waals surface area contributed by atoms with Gasteiger partial charge in [0.1, 0.15) is 5.69 Å². The van der Waals surface area contributed by atoms with Gasteiger partial charge in [0.05, 0.1) is 24.6 Å². The van der Waals surface area contributed by atoms with Crippen LogP contribution in [0, 0.1) is 6.92 Å². The van der Waals surface area contributed by atoms with Gasteiger partial charge in [0.2, 0.25) is 0 Å². The number of piperidine rings is 1. The maximum atomic E-state index is 12.3. The van der Waals surface area contributed by atoms with Gasteiger partial charge in [0.25, 0.3) is 5.91 Å². The number of nitrogens with one attached hydrogen (secondary N) is 1. The van der Waals surface area contributed by atoms with Crippen LogP contribution >= 0.6 is 0 Å². The molecule has 0 atom stereocenters. The molecule has 1 aliphatic rings. The highest BCUT2D eigenvalue weighted by Crippen LogP contribution is 2.11. The standard InChI is InChI=1S/C15H23N7O/c1-12-11-14(20(2)19-12)15(23)18-13-3-7-21(8-4-13)9-10-22-16-5-6-17-22/h5-6,11,13H,3-4,7-10H2,1-2H3,(H,18,23). The Bertz CT molecular complexity index is 641. The number of hydrogen-bond acceptors (Lipinski definition) is 5. The van der Waals surface area contributed by atoms with Crippen molar-refractivity contribution in [3.8, 4) is 0 Å². The summed E-state index contributed by atoms with van der Waals surface area (Å²) in [6.07, 6.45) is 5.33. The minimum Gasteiger partial charge on any atom is -0.348 e. The van der Waals surface area contributed by atoms with Gasteiger partial charge in [-0.05, 0) is 25.8 Å². The van der Waals surface area contributed by atoms with Crippen LogP contribution in [0.2, 0.25) is 0 Å². The van der Waals surface area contributed by atoms with E-state index < -0.39 is 0 Å². The van der Waals surface area contributed by atoms with Crippen molar-refractivity contribution in [2.24, 2.45) is 7.05 Å². The molecule has 3 heterocycles. The van der Waals surface area contributed by atoms with Gasteiger partial charge in [0, 0.05) is 32.7 Å². The van der Waals surface area contributed by atoms with Crippen molar-refractivity contribution in [2.75, 3.05) is 19.6 Å². The lowest BCUT2D eigenvalue weighted by Crippen LogP contribution is -2.45. The van der Waals surface area contributed by atoms with Crippen molar-refractivity contribution in [2.45, 2.75) is 32.4 Å². The zero-order valence-corrected chi connectivity index (χ0v) is 13.6. The van der Waals surface area contributed by atoms with E-state index in [1.165, 1.54) is 0 Å². The fourth-order valence-corrected chi connectivity index (χ4v) is 2.97.